The highest BCUT2D eigenvalue weighted by Gasteiger charge is 2.12. The second-order valence-electron chi connectivity index (χ2n) is 3.58. The van der Waals surface area contributed by atoms with Gasteiger partial charge >= 0.3 is 0 Å². The summed E-state index contributed by atoms with van der Waals surface area (Å²) in [5.74, 6) is 5.26. The lowest BCUT2D eigenvalue weighted by atomic mass is 10.1. The Hall–Kier alpha value is -0.820. The van der Waals surface area contributed by atoms with Crippen molar-refractivity contribution in [2.24, 2.45) is 5.84 Å². The van der Waals surface area contributed by atoms with Crippen molar-refractivity contribution in [1.82, 2.24) is 10.4 Å². The SMILES string of the molecule is NNC(Cc1ccc(F)c(Br)c1)c1cncs1. The van der Waals surface area contributed by atoms with Crippen LogP contribution in [0.25, 0.3) is 0 Å². The van der Waals surface area contributed by atoms with Gasteiger partial charge in [-0.25, -0.2) is 4.39 Å². The normalized spacial score (nSPS) is 12.6. The minimum Gasteiger partial charge on any atom is -0.271 e. The predicted molar refractivity (Wildman–Crippen MR) is 70.0 cm³/mol. The molecule has 0 saturated carbocycles. The second kappa shape index (κ2) is 5.68. The highest BCUT2D eigenvalue weighted by molar-refractivity contribution is 9.10. The number of nitrogens with one attached hydrogen (secondary N) is 1. The van der Waals surface area contributed by atoms with E-state index >= 15 is 0 Å². The quantitative estimate of drug-likeness (QED) is 0.674. The molecule has 1 atom stereocenters. The average Bonchev–Trinajstić information content (AvgIpc) is 2.84. The molecule has 0 aliphatic rings. The zero-order chi connectivity index (χ0) is 12.3. The summed E-state index contributed by atoms with van der Waals surface area (Å²) in [6, 6.07) is 4.96. The highest BCUT2D eigenvalue weighted by atomic mass is 79.9. The molecule has 1 heterocycles. The summed E-state index contributed by atoms with van der Waals surface area (Å²) in [6.07, 6.45) is 2.48. The summed E-state index contributed by atoms with van der Waals surface area (Å²) in [5, 5.41) is 0. The van der Waals surface area contributed by atoms with Gasteiger partial charge in [0.25, 0.3) is 0 Å². The first kappa shape index (κ1) is 12.6. The fourth-order valence-corrected chi connectivity index (χ4v) is 2.65. The van der Waals surface area contributed by atoms with E-state index in [0.717, 1.165) is 10.4 Å². The van der Waals surface area contributed by atoms with E-state index in [1.807, 2.05) is 0 Å². The molecule has 2 rings (SSSR count). The molecule has 0 aliphatic heterocycles. The summed E-state index contributed by atoms with van der Waals surface area (Å²) in [5.41, 5.74) is 5.52. The van der Waals surface area contributed by atoms with Crippen LogP contribution in [-0.2, 0) is 6.42 Å². The van der Waals surface area contributed by atoms with Crippen LogP contribution in [0.4, 0.5) is 4.39 Å². The van der Waals surface area contributed by atoms with Gasteiger partial charge in [0.1, 0.15) is 5.82 Å². The molecule has 0 bridgehead atoms. The molecular formula is C11H11BrFN3S. The first-order valence-corrected chi connectivity index (χ1v) is 6.66. The molecule has 3 N–H and O–H groups in total. The Kier molecular flexibility index (Phi) is 4.22. The summed E-state index contributed by atoms with van der Waals surface area (Å²) >= 11 is 4.71. The second-order valence-corrected chi connectivity index (χ2v) is 5.35. The third-order valence-electron chi connectivity index (χ3n) is 2.42. The van der Waals surface area contributed by atoms with E-state index in [-0.39, 0.29) is 11.9 Å². The first-order valence-electron chi connectivity index (χ1n) is 4.99. The summed E-state index contributed by atoms with van der Waals surface area (Å²) in [4.78, 5) is 5.08. The van der Waals surface area contributed by atoms with Gasteiger partial charge in [-0.1, -0.05) is 6.07 Å². The van der Waals surface area contributed by atoms with Crippen LogP contribution in [0.15, 0.2) is 34.4 Å². The molecule has 17 heavy (non-hydrogen) atoms. The van der Waals surface area contributed by atoms with Gasteiger partial charge in [0.2, 0.25) is 0 Å². The number of hydrazine groups is 1. The number of nitrogens with two attached hydrogens (primary N) is 1. The van der Waals surface area contributed by atoms with Crippen LogP contribution in [0.1, 0.15) is 16.5 Å². The summed E-state index contributed by atoms with van der Waals surface area (Å²) in [6.45, 7) is 0. The molecule has 90 valence electrons. The number of hydrogen-bond acceptors (Lipinski definition) is 4. The number of nitrogens with zero attached hydrogens (tertiary/aromatic N) is 1. The van der Waals surface area contributed by atoms with Crippen molar-refractivity contribution >= 4 is 27.3 Å². The highest BCUT2D eigenvalue weighted by Crippen LogP contribution is 2.23. The lowest BCUT2D eigenvalue weighted by molar-refractivity contribution is 0.558. The zero-order valence-corrected chi connectivity index (χ0v) is 11.3. The molecule has 0 radical (unpaired) electrons. The number of benzene rings is 1. The van der Waals surface area contributed by atoms with Gasteiger partial charge in [0.15, 0.2) is 0 Å². The van der Waals surface area contributed by atoms with Gasteiger partial charge in [0.05, 0.1) is 16.0 Å². The lowest BCUT2D eigenvalue weighted by Crippen LogP contribution is -2.28. The van der Waals surface area contributed by atoms with Crippen molar-refractivity contribution in [3.63, 3.8) is 0 Å². The van der Waals surface area contributed by atoms with Crippen LogP contribution in [0.5, 0.6) is 0 Å². The van der Waals surface area contributed by atoms with Crippen molar-refractivity contribution in [2.45, 2.75) is 12.5 Å². The van der Waals surface area contributed by atoms with Crippen LogP contribution >= 0.6 is 27.3 Å². The maximum absolute atomic E-state index is 13.1. The number of hydrogen-bond donors (Lipinski definition) is 2. The molecule has 1 unspecified atom stereocenters. The maximum atomic E-state index is 13.1. The van der Waals surface area contributed by atoms with Crippen LogP contribution < -0.4 is 11.3 Å². The Balaban J connectivity index is 2.16. The zero-order valence-electron chi connectivity index (χ0n) is 8.86. The third kappa shape index (κ3) is 3.10. The third-order valence-corrected chi connectivity index (χ3v) is 3.92. The standard InChI is InChI=1S/C11H11BrFN3S/c12-8-3-7(1-2-9(8)13)4-10(16-14)11-5-15-6-17-11/h1-3,5-6,10,16H,4,14H2. The van der Waals surface area contributed by atoms with E-state index in [2.05, 4.69) is 26.3 Å². The van der Waals surface area contributed by atoms with Gasteiger partial charge in [-0.2, -0.15) is 0 Å². The Labute approximate surface area is 111 Å². The molecule has 3 nitrogen and oxygen atoms in total. The van der Waals surface area contributed by atoms with Crippen LogP contribution in [0, 0.1) is 5.82 Å². The average molecular weight is 316 g/mol. The van der Waals surface area contributed by atoms with Gasteiger partial charge in [-0.3, -0.25) is 16.3 Å². The Morgan fingerprint density at radius 3 is 2.94 bits per heavy atom. The molecule has 1 aromatic carbocycles. The lowest BCUT2D eigenvalue weighted by Gasteiger charge is -2.13. The maximum Gasteiger partial charge on any atom is 0.137 e. The number of halogens is 2. The molecule has 6 heteroatoms. The number of aromatic nitrogens is 1. The van der Waals surface area contributed by atoms with Crippen molar-refractivity contribution < 1.29 is 4.39 Å². The summed E-state index contributed by atoms with van der Waals surface area (Å²) < 4.78 is 13.6. The van der Waals surface area contributed by atoms with E-state index in [9.17, 15) is 4.39 Å². The molecule has 0 aliphatic carbocycles. The first-order chi connectivity index (χ1) is 8.20. The van der Waals surface area contributed by atoms with Crippen molar-refractivity contribution in [3.8, 4) is 0 Å². The van der Waals surface area contributed by atoms with E-state index in [0.29, 0.717) is 10.9 Å². The van der Waals surface area contributed by atoms with Gasteiger partial charge < -0.3 is 0 Å². The van der Waals surface area contributed by atoms with Crippen LogP contribution in [-0.4, -0.2) is 4.98 Å². The Morgan fingerprint density at radius 2 is 2.35 bits per heavy atom. The molecule has 0 amide bonds. The number of thiazole rings is 1. The molecule has 1 aromatic heterocycles. The molecule has 0 fully saturated rings. The van der Waals surface area contributed by atoms with E-state index < -0.39 is 0 Å². The van der Waals surface area contributed by atoms with E-state index in [1.54, 1.807) is 35.2 Å². The fourth-order valence-electron chi connectivity index (χ4n) is 1.54. The minimum atomic E-state index is -0.260. The van der Waals surface area contributed by atoms with Gasteiger partial charge in [0, 0.05) is 11.1 Å². The summed E-state index contributed by atoms with van der Waals surface area (Å²) in [7, 11) is 0. The fraction of sp³-hybridized carbons (Fsp3) is 0.182. The largest absolute Gasteiger partial charge is 0.271 e. The van der Waals surface area contributed by atoms with Crippen LogP contribution in [0.2, 0.25) is 0 Å². The van der Waals surface area contributed by atoms with E-state index in [4.69, 9.17) is 5.84 Å². The molecule has 2 aromatic rings. The van der Waals surface area contributed by atoms with Crippen molar-refractivity contribution in [1.29, 1.82) is 0 Å². The molecule has 0 spiro atoms. The Bertz CT molecular complexity index is 489. The minimum absolute atomic E-state index is 0.000128. The molecule has 0 saturated heterocycles. The van der Waals surface area contributed by atoms with Crippen molar-refractivity contribution in [3.05, 3.63) is 50.6 Å². The van der Waals surface area contributed by atoms with Gasteiger partial charge in [-0.15, -0.1) is 11.3 Å². The van der Waals surface area contributed by atoms with E-state index in [1.165, 1.54) is 6.07 Å². The van der Waals surface area contributed by atoms with Gasteiger partial charge in [-0.05, 0) is 40.0 Å². The smallest absolute Gasteiger partial charge is 0.137 e. The predicted octanol–water partition coefficient (Wildman–Crippen LogP) is 2.79. The monoisotopic (exact) mass is 315 g/mol. The topological polar surface area (TPSA) is 50.9 Å². The van der Waals surface area contributed by atoms with Crippen molar-refractivity contribution in [2.75, 3.05) is 0 Å². The Morgan fingerprint density at radius 1 is 1.53 bits per heavy atom. The molecular weight excluding hydrogens is 305 g/mol. The number of rotatable bonds is 4. The van der Waals surface area contributed by atoms with Crippen LogP contribution in [0.3, 0.4) is 0 Å².